The number of hydrogen-bond donors (Lipinski definition) is 1. The van der Waals surface area contributed by atoms with E-state index < -0.39 is 16.0 Å². The average Bonchev–Trinajstić information content (AvgIpc) is 2.98. The van der Waals surface area contributed by atoms with Crippen molar-refractivity contribution in [2.24, 2.45) is 5.92 Å². The highest BCUT2D eigenvalue weighted by molar-refractivity contribution is 7.96. The number of carbonyl (C=O) groups excluding carboxylic acids is 1. The number of nitrogens with one attached hydrogen (secondary N) is 1. The first-order chi connectivity index (χ1) is 12.9. The minimum absolute atomic E-state index is 0.0933. The van der Waals surface area contributed by atoms with Crippen molar-refractivity contribution in [2.75, 3.05) is 18.9 Å². The molecular weight excluding hydrogens is 370 g/mol. The van der Waals surface area contributed by atoms with Gasteiger partial charge in [-0.05, 0) is 36.6 Å². The van der Waals surface area contributed by atoms with E-state index in [0.29, 0.717) is 34.8 Å². The maximum absolute atomic E-state index is 12.6. The van der Waals surface area contributed by atoms with E-state index in [1.807, 2.05) is 13.0 Å². The Morgan fingerprint density at radius 2 is 2.11 bits per heavy atom. The van der Waals surface area contributed by atoms with E-state index in [4.69, 9.17) is 13.9 Å². The molecule has 1 atom stereocenters. The fourth-order valence-corrected chi connectivity index (χ4v) is 4.02. The van der Waals surface area contributed by atoms with Crippen LogP contribution in [0.25, 0.3) is 11.0 Å². The van der Waals surface area contributed by atoms with Crippen LogP contribution >= 0.6 is 0 Å². The standard InChI is InChI=1S/C19H21NO6S/c1-12-4-7-14(8-5-12)27(22,23)20-13-6-9-16-15(10-13)18(19(21)25-3)17(26-16)11-24-2/h4,6-10,12,20H,5,11H2,1-3H3. The van der Waals surface area contributed by atoms with Gasteiger partial charge in [0.2, 0.25) is 0 Å². The molecular formula is C19H21NO6S. The second-order valence-electron chi connectivity index (χ2n) is 6.32. The van der Waals surface area contributed by atoms with Crippen LogP contribution in [0.15, 0.2) is 45.7 Å². The summed E-state index contributed by atoms with van der Waals surface area (Å²) in [5.74, 6) is 0.0621. The van der Waals surface area contributed by atoms with Crippen molar-refractivity contribution < 1.29 is 27.1 Å². The summed E-state index contributed by atoms with van der Waals surface area (Å²) in [7, 11) is -0.961. The Kier molecular flexibility index (Phi) is 5.38. The number of benzene rings is 1. The van der Waals surface area contributed by atoms with Gasteiger partial charge in [-0.25, -0.2) is 13.2 Å². The molecule has 0 fully saturated rings. The highest BCUT2D eigenvalue weighted by Crippen LogP contribution is 2.31. The van der Waals surface area contributed by atoms with E-state index >= 15 is 0 Å². The van der Waals surface area contributed by atoms with Gasteiger partial charge in [0.1, 0.15) is 23.5 Å². The Morgan fingerprint density at radius 1 is 1.33 bits per heavy atom. The molecule has 1 aliphatic rings. The topological polar surface area (TPSA) is 94.8 Å². The quantitative estimate of drug-likeness (QED) is 0.756. The van der Waals surface area contributed by atoms with Crippen LogP contribution in [0.5, 0.6) is 0 Å². The fraction of sp³-hybridized carbons (Fsp3) is 0.316. The van der Waals surface area contributed by atoms with E-state index in [-0.39, 0.29) is 17.1 Å². The van der Waals surface area contributed by atoms with Gasteiger partial charge in [0.15, 0.2) is 0 Å². The summed E-state index contributed by atoms with van der Waals surface area (Å²) >= 11 is 0. The van der Waals surface area contributed by atoms with Crippen LogP contribution in [0.1, 0.15) is 29.5 Å². The molecule has 0 saturated carbocycles. The minimum atomic E-state index is -3.72. The van der Waals surface area contributed by atoms with E-state index in [9.17, 15) is 13.2 Å². The van der Waals surface area contributed by atoms with Gasteiger partial charge in [0.25, 0.3) is 10.0 Å². The van der Waals surface area contributed by atoms with Crippen LogP contribution in [0.3, 0.4) is 0 Å². The Bertz CT molecular complexity index is 1030. The number of fused-ring (bicyclic) bond motifs is 1. The summed E-state index contributed by atoms with van der Waals surface area (Å²) < 4.78 is 43.3. The summed E-state index contributed by atoms with van der Waals surface area (Å²) in [4.78, 5) is 12.4. The zero-order valence-electron chi connectivity index (χ0n) is 15.3. The molecule has 1 aromatic carbocycles. The molecule has 0 amide bonds. The third-order valence-electron chi connectivity index (χ3n) is 4.27. The van der Waals surface area contributed by atoms with Crippen LogP contribution in [0.2, 0.25) is 0 Å². The van der Waals surface area contributed by atoms with Crippen LogP contribution < -0.4 is 4.72 Å². The number of methoxy groups -OCH3 is 2. The largest absolute Gasteiger partial charge is 0.465 e. The van der Waals surface area contributed by atoms with Crippen molar-refractivity contribution in [1.29, 1.82) is 0 Å². The van der Waals surface area contributed by atoms with Gasteiger partial charge in [-0.1, -0.05) is 19.1 Å². The Labute approximate surface area is 157 Å². The zero-order valence-corrected chi connectivity index (χ0v) is 16.1. The zero-order chi connectivity index (χ0) is 19.6. The maximum atomic E-state index is 12.6. The Balaban J connectivity index is 1.99. The first-order valence-electron chi connectivity index (χ1n) is 8.39. The maximum Gasteiger partial charge on any atom is 0.342 e. The molecule has 1 N–H and O–H groups in total. The number of sulfonamides is 1. The smallest absolute Gasteiger partial charge is 0.342 e. The molecule has 2 aromatic rings. The lowest BCUT2D eigenvalue weighted by Crippen LogP contribution is -2.15. The van der Waals surface area contributed by atoms with Crippen LogP contribution in [-0.4, -0.2) is 28.6 Å². The molecule has 3 rings (SSSR count). The van der Waals surface area contributed by atoms with Crippen LogP contribution in [-0.2, 0) is 26.1 Å². The van der Waals surface area contributed by atoms with Gasteiger partial charge in [-0.2, -0.15) is 0 Å². The summed E-state index contributed by atoms with van der Waals surface area (Å²) in [5, 5.41) is 0.455. The number of allylic oxidation sites excluding steroid dienone is 3. The van der Waals surface area contributed by atoms with Crippen molar-refractivity contribution in [1.82, 2.24) is 0 Å². The van der Waals surface area contributed by atoms with Crippen molar-refractivity contribution in [3.05, 3.63) is 52.7 Å². The molecule has 7 nitrogen and oxygen atoms in total. The number of esters is 1. The normalized spacial score (nSPS) is 17.0. The number of carbonyl (C=O) groups is 1. The molecule has 1 aromatic heterocycles. The van der Waals surface area contributed by atoms with Crippen molar-refractivity contribution in [3.8, 4) is 0 Å². The van der Waals surface area contributed by atoms with Crippen molar-refractivity contribution >= 4 is 32.6 Å². The monoisotopic (exact) mass is 391 g/mol. The highest BCUT2D eigenvalue weighted by Gasteiger charge is 2.23. The van der Waals surface area contributed by atoms with E-state index in [2.05, 4.69) is 4.72 Å². The number of hydrogen-bond acceptors (Lipinski definition) is 6. The van der Waals surface area contributed by atoms with Gasteiger partial charge in [0, 0.05) is 18.2 Å². The molecule has 0 aliphatic heterocycles. The molecule has 8 heteroatoms. The number of rotatable bonds is 6. The van der Waals surface area contributed by atoms with Gasteiger partial charge in [-0.15, -0.1) is 0 Å². The lowest BCUT2D eigenvalue weighted by molar-refractivity contribution is 0.0594. The Morgan fingerprint density at radius 3 is 2.74 bits per heavy atom. The fourth-order valence-electron chi connectivity index (χ4n) is 2.89. The van der Waals surface area contributed by atoms with Crippen molar-refractivity contribution in [2.45, 2.75) is 20.0 Å². The molecule has 0 saturated heterocycles. The van der Waals surface area contributed by atoms with E-state index in [0.717, 1.165) is 0 Å². The third kappa shape index (κ3) is 3.91. The molecule has 1 heterocycles. The number of furan rings is 1. The van der Waals surface area contributed by atoms with Gasteiger partial charge >= 0.3 is 5.97 Å². The molecule has 27 heavy (non-hydrogen) atoms. The summed E-state index contributed by atoms with van der Waals surface area (Å²) in [6.07, 6.45) is 5.82. The van der Waals surface area contributed by atoms with E-state index in [1.54, 1.807) is 30.4 Å². The predicted molar refractivity (Wildman–Crippen MR) is 102 cm³/mol. The molecule has 0 spiro atoms. The average molecular weight is 391 g/mol. The molecule has 144 valence electrons. The third-order valence-corrected chi connectivity index (χ3v) is 5.70. The second kappa shape index (κ2) is 7.58. The summed E-state index contributed by atoms with van der Waals surface area (Å²) in [6, 6.07) is 4.74. The second-order valence-corrected chi connectivity index (χ2v) is 8.00. The highest BCUT2D eigenvalue weighted by atomic mass is 32.2. The van der Waals surface area contributed by atoms with Gasteiger partial charge in [-0.3, -0.25) is 4.72 Å². The number of anilines is 1. The first kappa shape index (κ1) is 19.2. The molecule has 1 aliphatic carbocycles. The van der Waals surface area contributed by atoms with Crippen molar-refractivity contribution in [3.63, 3.8) is 0 Å². The lowest BCUT2D eigenvalue weighted by Gasteiger charge is -2.13. The minimum Gasteiger partial charge on any atom is -0.465 e. The molecule has 1 unspecified atom stereocenters. The molecule has 0 radical (unpaired) electrons. The number of ether oxygens (including phenoxy) is 2. The predicted octanol–water partition coefficient (Wildman–Crippen LogP) is 3.59. The Hall–Kier alpha value is -2.58. The van der Waals surface area contributed by atoms with Gasteiger partial charge < -0.3 is 13.9 Å². The summed E-state index contributed by atoms with van der Waals surface area (Å²) in [5.41, 5.74) is 0.988. The van der Waals surface area contributed by atoms with E-state index in [1.165, 1.54) is 14.2 Å². The SMILES string of the molecule is COCc1oc2ccc(NS(=O)(=O)C3=CCC(C)C=C3)cc2c1C(=O)OC. The van der Waals surface area contributed by atoms with Gasteiger partial charge in [0.05, 0.1) is 12.0 Å². The first-order valence-corrected chi connectivity index (χ1v) is 9.88. The van der Waals surface area contributed by atoms with Crippen LogP contribution in [0.4, 0.5) is 5.69 Å². The lowest BCUT2D eigenvalue weighted by atomic mass is 10.0. The molecule has 0 bridgehead atoms. The van der Waals surface area contributed by atoms with Crippen LogP contribution in [0, 0.1) is 5.92 Å². The summed E-state index contributed by atoms with van der Waals surface area (Å²) in [6.45, 7) is 2.11.